The molecular weight excluding hydrogens is 264 g/mol. The molecule has 2 aliphatic carbocycles. The minimum absolute atomic E-state index is 0.277. The number of aliphatic hydroxyl groups is 1. The largest absolute Gasteiger partial charge is 0.385 e. The second-order valence-corrected chi connectivity index (χ2v) is 6.54. The SMILES string of the molecule is CC1(O)CC2(CCCC2)c2ccc(Br)cc21. The molecule has 0 aromatic heterocycles. The van der Waals surface area contributed by atoms with Crippen molar-refractivity contribution in [3.8, 4) is 0 Å². The van der Waals surface area contributed by atoms with E-state index in [1.54, 1.807) is 0 Å². The summed E-state index contributed by atoms with van der Waals surface area (Å²) in [6.07, 6.45) is 6.03. The molecule has 1 nitrogen and oxygen atoms in total. The predicted octanol–water partition coefficient (Wildman–Crippen LogP) is 3.87. The summed E-state index contributed by atoms with van der Waals surface area (Å²) < 4.78 is 1.07. The van der Waals surface area contributed by atoms with Gasteiger partial charge in [0.25, 0.3) is 0 Å². The number of rotatable bonds is 0. The minimum atomic E-state index is -0.635. The fraction of sp³-hybridized carbons (Fsp3) is 0.571. The lowest BCUT2D eigenvalue weighted by Gasteiger charge is -2.25. The summed E-state index contributed by atoms with van der Waals surface area (Å²) in [5.41, 5.74) is 2.19. The fourth-order valence-electron chi connectivity index (χ4n) is 3.77. The Morgan fingerprint density at radius 1 is 1.19 bits per heavy atom. The number of hydrogen-bond donors (Lipinski definition) is 1. The molecule has 1 saturated carbocycles. The molecule has 1 N–H and O–H groups in total. The number of benzene rings is 1. The third kappa shape index (κ3) is 1.39. The predicted molar refractivity (Wildman–Crippen MR) is 68.5 cm³/mol. The van der Waals surface area contributed by atoms with Crippen LogP contribution in [-0.4, -0.2) is 5.11 Å². The van der Waals surface area contributed by atoms with E-state index in [0.717, 1.165) is 16.5 Å². The molecule has 1 aromatic rings. The van der Waals surface area contributed by atoms with Crippen LogP contribution in [0.4, 0.5) is 0 Å². The highest BCUT2D eigenvalue weighted by molar-refractivity contribution is 9.10. The maximum absolute atomic E-state index is 10.6. The van der Waals surface area contributed by atoms with Gasteiger partial charge in [0.1, 0.15) is 0 Å². The molecule has 1 unspecified atom stereocenters. The summed E-state index contributed by atoms with van der Waals surface area (Å²) in [4.78, 5) is 0. The van der Waals surface area contributed by atoms with Crippen LogP contribution in [-0.2, 0) is 11.0 Å². The van der Waals surface area contributed by atoms with Crippen LogP contribution in [0.15, 0.2) is 22.7 Å². The smallest absolute Gasteiger partial charge is 0.0880 e. The van der Waals surface area contributed by atoms with E-state index in [-0.39, 0.29) is 5.41 Å². The van der Waals surface area contributed by atoms with E-state index in [4.69, 9.17) is 0 Å². The zero-order chi connectivity index (χ0) is 11.4. The van der Waals surface area contributed by atoms with Gasteiger partial charge in [-0.2, -0.15) is 0 Å². The first-order valence-corrected chi connectivity index (χ1v) is 6.86. The lowest BCUT2D eigenvalue weighted by atomic mass is 9.79. The van der Waals surface area contributed by atoms with Gasteiger partial charge in [-0.25, -0.2) is 0 Å². The molecule has 1 spiro atoms. The summed E-state index contributed by atoms with van der Waals surface area (Å²) >= 11 is 3.50. The summed E-state index contributed by atoms with van der Waals surface area (Å²) in [5.74, 6) is 0. The molecule has 1 fully saturated rings. The van der Waals surface area contributed by atoms with E-state index < -0.39 is 5.60 Å². The van der Waals surface area contributed by atoms with E-state index >= 15 is 0 Å². The van der Waals surface area contributed by atoms with Gasteiger partial charge in [0.2, 0.25) is 0 Å². The van der Waals surface area contributed by atoms with E-state index in [9.17, 15) is 5.11 Å². The van der Waals surface area contributed by atoms with Crippen LogP contribution in [0.25, 0.3) is 0 Å². The van der Waals surface area contributed by atoms with Gasteiger partial charge in [-0.15, -0.1) is 0 Å². The van der Waals surface area contributed by atoms with Gasteiger partial charge in [-0.05, 0) is 54.9 Å². The highest BCUT2D eigenvalue weighted by Crippen LogP contribution is 2.56. The van der Waals surface area contributed by atoms with Crippen LogP contribution in [0.5, 0.6) is 0 Å². The monoisotopic (exact) mass is 280 g/mol. The maximum Gasteiger partial charge on any atom is 0.0880 e. The first-order chi connectivity index (χ1) is 7.54. The van der Waals surface area contributed by atoms with Crippen molar-refractivity contribution in [2.45, 2.75) is 50.0 Å². The molecule has 0 amide bonds. The lowest BCUT2D eigenvalue weighted by molar-refractivity contribution is 0.0417. The minimum Gasteiger partial charge on any atom is -0.385 e. The number of fused-ring (bicyclic) bond motifs is 2. The fourth-order valence-corrected chi connectivity index (χ4v) is 4.13. The molecule has 3 rings (SSSR count). The molecule has 0 saturated heterocycles. The zero-order valence-corrected chi connectivity index (χ0v) is 11.2. The van der Waals surface area contributed by atoms with Crippen LogP contribution in [0.1, 0.15) is 50.2 Å². The highest BCUT2D eigenvalue weighted by Gasteiger charge is 2.50. The number of hydrogen-bond acceptors (Lipinski definition) is 1. The first kappa shape index (κ1) is 10.8. The molecule has 16 heavy (non-hydrogen) atoms. The van der Waals surface area contributed by atoms with Gasteiger partial charge < -0.3 is 5.11 Å². The van der Waals surface area contributed by atoms with Crippen molar-refractivity contribution in [3.63, 3.8) is 0 Å². The molecule has 0 aliphatic heterocycles. The third-order valence-electron chi connectivity index (χ3n) is 4.38. The van der Waals surface area contributed by atoms with Gasteiger partial charge >= 0.3 is 0 Å². The molecule has 1 aromatic carbocycles. The molecule has 2 aliphatic rings. The Bertz CT molecular complexity index is 430. The van der Waals surface area contributed by atoms with E-state index in [1.807, 2.05) is 6.92 Å². The van der Waals surface area contributed by atoms with E-state index in [0.29, 0.717) is 0 Å². The van der Waals surface area contributed by atoms with Crippen LogP contribution in [0.3, 0.4) is 0 Å². The quantitative estimate of drug-likeness (QED) is 0.765. The zero-order valence-electron chi connectivity index (χ0n) is 9.59. The summed E-state index contributed by atoms with van der Waals surface area (Å²) in [7, 11) is 0. The second kappa shape index (κ2) is 3.33. The van der Waals surface area contributed by atoms with Crippen molar-refractivity contribution in [1.29, 1.82) is 0 Å². The Labute approximate surface area is 105 Å². The van der Waals surface area contributed by atoms with E-state index in [2.05, 4.69) is 34.1 Å². The van der Waals surface area contributed by atoms with Crippen molar-refractivity contribution in [2.24, 2.45) is 0 Å². The lowest BCUT2D eigenvalue weighted by Crippen LogP contribution is -2.23. The second-order valence-electron chi connectivity index (χ2n) is 5.63. The van der Waals surface area contributed by atoms with Crippen molar-refractivity contribution < 1.29 is 5.11 Å². The van der Waals surface area contributed by atoms with Crippen LogP contribution in [0.2, 0.25) is 0 Å². The Balaban J connectivity index is 2.18. The van der Waals surface area contributed by atoms with E-state index in [1.165, 1.54) is 31.2 Å². The molecule has 0 bridgehead atoms. The summed E-state index contributed by atoms with van der Waals surface area (Å²) in [5, 5.41) is 10.6. The Hall–Kier alpha value is -0.340. The van der Waals surface area contributed by atoms with Crippen LogP contribution in [0, 0.1) is 0 Å². The standard InChI is InChI=1S/C14H17BrO/c1-13(16)9-14(6-2-3-7-14)11-5-4-10(15)8-12(11)13/h4-5,8,16H,2-3,6-7,9H2,1H3. The van der Waals surface area contributed by atoms with Crippen molar-refractivity contribution in [1.82, 2.24) is 0 Å². The van der Waals surface area contributed by atoms with Crippen molar-refractivity contribution in [2.75, 3.05) is 0 Å². The molecule has 2 heteroatoms. The molecule has 0 radical (unpaired) electrons. The van der Waals surface area contributed by atoms with Gasteiger partial charge in [0.15, 0.2) is 0 Å². The Morgan fingerprint density at radius 2 is 1.88 bits per heavy atom. The first-order valence-electron chi connectivity index (χ1n) is 6.06. The van der Waals surface area contributed by atoms with Crippen LogP contribution >= 0.6 is 15.9 Å². The van der Waals surface area contributed by atoms with Crippen LogP contribution < -0.4 is 0 Å². The van der Waals surface area contributed by atoms with Gasteiger partial charge in [-0.3, -0.25) is 0 Å². The average molecular weight is 281 g/mol. The van der Waals surface area contributed by atoms with Gasteiger partial charge in [-0.1, -0.05) is 34.8 Å². The van der Waals surface area contributed by atoms with Gasteiger partial charge in [0, 0.05) is 4.47 Å². The van der Waals surface area contributed by atoms with Crippen molar-refractivity contribution >= 4 is 15.9 Å². The maximum atomic E-state index is 10.6. The molecule has 86 valence electrons. The van der Waals surface area contributed by atoms with Gasteiger partial charge in [0.05, 0.1) is 5.60 Å². The normalized spacial score (nSPS) is 30.9. The topological polar surface area (TPSA) is 20.2 Å². The molecule has 1 atom stereocenters. The van der Waals surface area contributed by atoms with Crippen molar-refractivity contribution in [3.05, 3.63) is 33.8 Å². The highest BCUT2D eigenvalue weighted by atomic mass is 79.9. The molecule has 0 heterocycles. The Morgan fingerprint density at radius 3 is 2.56 bits per heavy atom. The summed E-state index contributed by atoms with van der Waals surface area (Å²) in [6.45, 7) is 1.96. The molecular formula is C14H17BrO. The number of halogens is 1. The Kier molecular flexibility index (Phi) is 2.25. The average Bonchev–Trinajstić information content (AvgIpc) is 2.73. The summed E-state index contributed by atoms with van der Waals surface area (Å²) in [6, 6.07) is 6.43. The third-order valence-corrected chi connectivity index (χ3v) is 4.87.